The molecule has 3 aromatic rings. The molecule has 0 radical (unpaired) electrons. The standard InChI is InChI=1S/C24H29FN4O3S/c1-16(2)28-33(31,32)15-20-7-5-19(6-8-20)14-26-24(30)13-23-17(3)27-29(18(23)4)22-11-9-21(25)10-12-22/h5-12,16,28H,13-15H2,1-4H3,(H,26,30). The van der Waals surface area contributed by atoms with Crippen LogP contribution in [0.25, 0.3) is 5.69 Å². The maximum Gasteiger partial charge on any atom is 0.224 e. The van der Waals surface area contributed by atoms with E-state index in [1.54, 1.807) is 42.8 Å². The summed E-state index contributed by atoms with van der Waals surface area (Å²) in [6.45, 7) is 7.62. The van der Waals surface area contributed by atoms with Gasteiger partial charge < -0.3 is 5.32 Å². The summed E-state index contributed by atoms with van der Waals surface area (Å²) in [6, 6.07) is 13.0. The highest BCUT2D eigenvalue weighted by molar-refractivity contribution is 7.88. The van der Waals surface area contributed by atoms with Gasteiger partial charge in [-0.3, -0.25) is 4.79 Å². The van der Waals surface area contributed by atoms with Crippen molar-refractivity contribution in [3.8, 4) is 5.69 Å². The molecule has 176 valence electrons. The highest BCUT2D eigenvalue weighted by Crippen LogP contribution is 2.19. The third-order valence-electron chi connectivity index (χ3n) is 5.13. The van der Waals surface area contributed by atoms with Gasteiger partial charge in [-0.25, -0.2) is 22.2 Å². The SMILES string of the molecule is Cc1nn(-c2ccc(F)cc2)c(C)c1CC(=O)NCc1ccc(CS(=O)(=O)NC(C)C)cc1. The van der Waals surface area contributed by atoms with E-state index in [-0.39, 0.29) is 29.9 Å². The predicted molar refractivity (Wildman–Crippen MR) is 126 cm³/mol. The molecular formula is C24H29FN4O3S. The third-order valence-corrected chi connectivity index (χ3v) is 6.68. The van der Waals surface area contributed by atoms with Crippen molar-refractivity contribution >= 4 is 15.9 Å². The van der Waals surface area contributed by atoms with Crippen molar-refractivity contribution < 1.29 is 17.6 Å². The Bertz CT molecular complexity index is 1220. The van der Waals surface area contributed by atoms with Crippen LogP contribution in [0.15, 0.2) is 48.5 Å². The molecule has 3 rings (SSSR count). The molecule has 0 saturated carbocycles. The van der Waals surface area contributed by atoms with E-state index in [0.29, 0.717) is 12.1 Å². The van der Waals surface area contributed by atoms with E-state index < -0.39 is 10.0 Å². The van der Waals surface area contributed by atoms with Crippen LogP contribution >= 0.6 is 0 Å². The fourth-order valence-electron chi connectivity index (χ4n) is 3.56. The predicted octanol–water partition coefficient (Wildman–Crippen LogP) is 3.31. The first kappa shape index (κ1) is 24.6. The Labute approximate surface area is 194 Å². The molecule has 2 aromatic carbocycles. The minimum absolute atomic E-state index is 0.0889. The molecule has 0 bridgehead atoms. The number of rotatable bonds is 9. The number of carbonyl (C=O) groups excluding carboxylic acids is 1. The minimum atomic E-state index is -3.38. The molecule has 33 heavy (non-hydrogen) atoms. The zero-order valence-electron chi connectivity index (χ0n) is 19.2. The fourth-order valence-corrected chi connectivity index (χ4v) is 4.99. The van der Waals surface area contributed by atoms with Gasteiger partial charge in [0.15, 0.2) is 0 Å². The number of halogens is 1. The molecule has 0 atom stereocenters. The number of nitrogens with zero attached hydrogens (tertiary/aromatic N) is 2. The summed E-state index contributed by atoms with van der Waals surface area (Å²) in [5.74, 6) is -0.552. The Balaban J connectivity index is 1.59. The van der Waals surface area contributed by atoms with Crippen LogP contribution in [-0.2, 0) is 33.5 Å². The lowest BCUT2D eigenvalue weighted by molar-refractivity contribution is -0.120. The van der Waals surface area contributed by atoms with E-state index in [1.807, 2.05) is 26.0 Å². The van der Waals surface area contributed by atoms with Gasteiger partial charge in [-0.1, -0.05) is 24.3 Å². The van der Waals surface area contributed by atoms with Gasteiger partial charge in [-0.05, 0) is 63.1 Å². The van der Waals surface area contributed by atoms with Gasteiger partial charge in [-0.15, -0.1) is 0 Å². The Morgan fingerprint density at radius 1 is 1.03 bits per heavy atom. The molecule has 1 aromatic heterocycles. The smallest absolute Gasteiger partial charge is 0.224 e. The van der Waals surface area contributed by atoms with Crippen molar-refractivity contribution in [3.05, 3.63) is 82.4 Å². The van der Waals surface area contributed by atoms with E-state index in [1.165, 1.54) is 12.1 Å². The molecule has 0 unspecified atom stereocenters. The zero-order valence-corrected chi connectivity index (χ0v) is 20.0. The summed E-state index contributed by atoms with van der Waals surface area (Å²) in [6.07, 6.45) is 0.177. The second kappa shape index (κ2) is 10.3. The molecule has 0 aliphatic carbocycles. The molecule has 1 amide bonds. The Morgan fingerprint density at radius 2 is 1.64 bits per heavy atom. The number of aromatic nitrogens is 2. The van der Waals surface area contributed by atoms with Crippen LogP contribution in [0, 0.1) is 19.7 Å². The van der Waals surface area contributed by atoms with Crippen molar-refractivity contribution in [3.63, 3.8) is 0 Å². The number of sulfonamides is 1. The van der Waals surface area contributed by atoms with E-state index in [4.69, 9.17) is 0 Å². The molecule has 0 aliphatic heterocycles. The quantitative estimate of drug-likeness (QED) is 0.500. The number of aryl methyl sites for hydroxylation is 1. The fraction of sp³-hybridized carbons (Fsp3) is 0.333. The van der Waals surface area contributed by atoms with E-state index >= 15 is 0 Å². The lowest BCUT2D eigenvalue weighted by Gasteiger charge is -2.10. The van der Waals surface area contributed by atoms with E-state index in [2.05, 4.69) is 15.1 Å². The summed E-state index contributed by atoms with van der Waals surface area (Å²) in [7, 11) is -3.38. The molecule has 0 saturated heterocycles. The lowest BCUT2D eigenvalue weighted by Crippen LogP contribution is -2.31. The number of carbonyl (C=O) groups is 1. The zero-order chi connectivity index (χ0) is 24.2. The second-order valence-corrected chi connectivity index (χ2v) is 10.1. The Morgan fingerprint density at radius 3 is 2.24 bits per heavy atom. The minimum Gasteiger partial charge on any atom is -0.352 e. The van der Waals surface area contributed by atoms with Gasteiger partial charge in [0, 0.05) is 23.8 Å². The third kappa shape index (κ3) is 6.72. The van der Waals surface area contributed by atoms with E-state index in [9.17, 15) is 17.6 Å². The van der Waals surface area contributed by atoms with Crippen LogP contribution in [0.3, 0.4) is 0 Å². The molecule has 2 N–H and O–H groups in total. The van der Waals surface area contributed by atoms with Crippen molar-refractivity contribution in [2.45, 2.75) is 52.5 Å². The normalized spacial score (nSPS) is 11.7. The maximum atomic E-state index is 13.2. The monoisotopic (exact) mass is 472 g/mol. The van der Waals surface area contributed by atoms with Crippen molar-refractivity contribution in [1.29, 1.82) is 0 Å². The molecule has 7 nitrogen and oxygen atoms in total. The van der Waals surface area contributed by atoms with Crippen molar-refractivity contribution in [1.82, 2.24) is 19.8 Å². The van der Waals surface area contributed by atoms with Gasteiger partial charge in [0.2, 0.25) is 15.9 Å². The van der Waals surface area contributed by atoms with Crippen LogP contribution in [0.5, 0.6) is 0 Å². The van der Waals surface area contributed by atoms with Crippen molar-refractivity contribution in [2.75, 3.05) is 0 Å². The number of nitrogens with one attached hydrogen (secondary N) is 2. The Hall–Kier alpha value is -3.04. The molecule has 0 fully saturated rings. The Kier molecular flexibility index (Phi) is 7.65. The van der Waals surface area contributed by atoms with Gasteiger partial charge in [0.05, 0.1) is 23.6 Å². The summed E-state index contributed by atoms with van der Waals surface area (Å²) in [5.41, 5.74) is 4.68. The molecule has 0 aliphatic rings. The maximum absolute atomic E-state index is 13.2. The summed E-state index contributed by atoms with van der Waals surface area (Å²) in [4.78, 5) is 12.6. The van der Waals surface area contributed by atoms with E-state index in [0.717, 1.165) is 28.2 Å². The number of hydrogen-bond acceptors (Lipinski definition) is 4. The highest BCUT2D eigenvalue weighted by Gasteiger charge is 2.16. The first-order chi connectivity index (χ1) is 15.5. The van der Waals surface area contributed by atoms with Crippen LogP contribution < -0.4 is 10.0 Å². The van der Waals surface area contributed by atoms with Crippen LogP contribution in [0.1, 0.15) is 41.9 Å². The average Bonchev–Trinajstić information content (AvgIpc) is 3.01. The molecule has 1 heterocycles. The van der Waals surface area contributed by atoms with Crippen molar-refractivity contribution in [2.24, 2.45) is 0 Å². The van der Waals surface area contributed by atoms with Gasteiger partial charge in [0.1, 0.15) is 5.82 Å². The van der Waals surface area contributed by atoms with Crippen LogP contribution in [0.4, 0.5) is 4.39 Å². The largest absolute Gasteiger partial charge is 0.352 e. The number of amides is 1. The average molecular weight is 473 g/mol. The number of benzene rings is 2. The number of hydrogen-bond donors (Lipinski definition) is 2. The van der Waals surface area contributed by atoms with Gasteiger partial charge >= 0.3 is 0 Å². The lowest BCUT2D eigenvalue weighted by atomic mass is 10.1. The summed E-state index contributed by atoms with van der Waals surface area (Å²) < 4.78 is 41.6. The summed E-state index contributed by atoms with van der Waals surface area (Å²) in [5, 5.41) is 7.39. The second-order valence-electron chi connectivity index (χ2n) is 8.34. The topological polar surface area (TPSA) is 93.1 Å². The molecule has 9 heteroatoms. The first-order valence-electron chi connectivity index (χ1n) is 10.7. The molecular weight excluding hydrogens is 443 g/mol. The molecule has 0 spiro atoms. The van der Waals surface area contributed by atoms with Gasteiger partial charge in [-0.2, -0.15) is 5.10 Å². The first-order valence-corrected chi connectivity index (χ1v) is 12.3. The van der Waals surface area contributed by atoms with Gasteiger partial charge in [0.25, 0.3) is 0 Å². The summed E-state index contributed by atoms with van der Waals surface area (Å²) >= 11 is 0. The van der Waals surface area contributed by atoms with Crippen LogP contribution in [0.2, 0.25) is 0 Å². The highest BCUT2D eigenvalue weighted by atomic mass is 32.2. The van der Waals surface area contributed by atoms with Crippen LogP contribution in [-0.4, -0.2) is 30.1 Å².